The molecule has 0 radical (unpaired) electrons. The van der Waals surface area contributed by atoms with Crippen LogP contribution in [0.5, 0.6) is 0 Å². The van der Waals surface area contributed by atoms with Gasteiger partial charge in [-0.2, -0.15) is 0 Å². The molecule has 1 fully saturated rings. The van der Waals surface area contributed by atoms with Crippen LogP contribution < -0.4 is 10.6 Å². The number of urea groups is 1. The van der Waals surface area contributed by atoms with E-state index in [4.69, 9.17) is 5.11 Å². The van der Waals surface area contributed by atoms with Gasteiger partial charge < -0.3 is 20.3 Å². The fraction of sp³-hybridized carbons (Fsp3) is 0.130. The normalized spacial score (nSPS) is 14.8. The molecule has 0 aliphatic carbocycles. The lowest BCUT2D eigenvalue weighted by atomic mass is 10.1. The summed E-state index contributed by atoms with van der Waals surface area (Å²) in [6.45, 7) is 1.21. The van der Waals surface area contributed by atoms with Gasteiger partial charge in [0.05, 0.1) is 0 Å². The molecule has 0 saturated carbocycles. The maximum atomic E-state index is 12.8. The Bertz CT molecular complexity index is 1290. The first-order chi connectivity index (χ1) is 15.3. The number of amides is 4. The third kappa shape index (κ3) is 4.22. The minimum atomic E-state index is -0.999. The van der Waals surface area contributed by atoms with Crippen LogP contribution in [0, 0.1) is 6.92 Å². The van der Waals surface area contributed by atoms with E-state index in [0.717, 1.165) is 15.8 Å². The standard InChI is InChI=1S/C23H20N4O5/c1-14-5-4-6-16(9-14)24-20(28)12-27-22(31)18(25-23(27)32)10-15-11-26(13-21(29)30)19-8-3-2-7-17(15)19/h2-11H,12-13H2,1H3,(H,24,28)(H,25,32)(H,29,30). The lowest BCUT2D eigenvalue weighted by molar-refractivity contribution is -0.137. The highest BCUT2D eigenvalue weighted by molar-refractivity contribution is 6.16. The maximum Gasteiger partial charge on any atom is 0.329 e. The minimum absolute atomic E-state index is 0.0107. The molecule has 4 rings (SSSR count). The van der Waals surface area contributed by atoms with Crippen LogP contribution in [0.15, 0.2) is 60.4 Å². The van der Waals surface area contributed by atoms with Gasteiger partial charge in [0, 0.05) is 28.4 Å². The van der Waals surface area contributed by atoms with Gasteiger partial charge >= 0.3 is 12.0 Å². The highest BCUT2D eigenvalue weighted by atomic mass is 16.4. The summed E-state index contributed by atoms with van der Waals surface area (Å²) >= 11 is 0. The van der Waals surface area contributed by atoms with Crippen molar-refractivity contribution in [3.8, 4) is 0 Å². The molecule has 1 saturated heterocycles. The fourth-order valence-electron chi connectivity index (χ4n) is 3.60. The van der Waals surface area contributed by atoms with Crippen LogP contribution >= 0.6 is 0 Å². The highest BCUT2D eigenvalue weighted by Crippen LogP contribution is 2.25. The van der Waals surface area contributed by atoms with Crippen molar-refractivity contribution in [1.29, 1.82) is 0 Å². The molecule has 2 aromatic carbocycles. The van der Waals surface area contributed by atoms with E-state index in [1.807, 2.05) is 13.0 Å². The Morgan fingerprint density at radius 1 is 1.09 bits per heavy atom. The first-order valence-electron chi connectivity index (χ1n) is 9.82. The van der Waals surface area contributed by atoms with Crippen molar-refractivity contribution in [3.05, 3.63) is 71.6 Å². The van der Waals surface area contributed by atoms with Crippen molar-refractivity contribution in [2.24, 2.45) is 0 Å². The summed E-state index contributed by atoms with van der Waals surface area (Å²) in [5, 5.41) is 15.0. The molecule has 162 valence electrons. The Labute approximate surface area is 182 Å². The summed E-state index contributed by atoms with van der Waals surface area (Å²) in [4.78, 5) is 49.5. The number of anilines is 1. The summed E-state index contributed by atoms with van der Waals surface area (Å²) in [7, 11) is 0. The summed E-state index contributed by atoms with van der Waals surface area (Å²) in [6.07, 6.45) is 3.09. The Kier molecular flexibility index (Phi) is 5.46. The van der Waals surface area contributed by atoms with E-state index in [9.17, 15) is 19.2 Å². The summed E-state index contributed by atoms with van der Waals surface area (Å²) < 4.78 is 1.55. The van der Waals surface area contributed by atoms with E-state index < -0.39 is 30.4 Å². The second-order valence-electron chi connectivity index (χ2n) is 7.42. The van der Waals surface area contributed by atoms with Crippen molar-refractivity contribution >= 4 is 46.5 Å². The predicted molar refractivity (Wildman–Crippen MR) is 118 cm³/mol. The van der Waals surface area contributed by atoms with Gasteiger partial charge in [-0.05, 0) is 36.8 Å². The van der Waals surface area contributed by atoms with Gasteiger partial charge in [0.15, 0.2) is 0 Å². The van der Waals surface area contributed by atoms with E-state index in [1.54, 1.807) is 53.2 Å². The van der Waals surface area contributed by atoms with Crippen molar-refractivity contribution in [1.82, 2.24) is 14.8 Å². The van der Waals surface area contributed by atoms with E-state index in [-0.39, 0.29) is 12.2 Å². The number of carbonyl (C=O) groups is 4. The number of aliphatic carboxylic acids is 1. The first kappa shape index (κ1) is 20.9. The average molecular weight is 432 g/mol. The third-order valence-corrected chi connectivity index (χ3v) is 4.99. The second-order valence-corrected chi connectivity index (χ2v) is 7.42. The Morgan fingerprint density at radius 3 is 2.62 bits per heavy atom. The van der Waals surface area contributed by atoms with Crippen molar-refractivity contribution in [2.75, 3.05) is 11.9 Å². The van der Waals surface area contributed by atoms with E-state index >= 15 is 0 Å². The van der Waals surface area contributed by atoms with Gasteiger partial charge in [-0.15, -0.1) is 0 Å². The molecule has 2 heterocycles. The van der Waals surface area contributed by atoms with Crippen LogP contribution in [0.4, 0.5) is 10.5 Å². The number of nitrogens with zero attached hydrogens (tertiary/aromatic N) is 2. The third-order valence-electron chi connectivity index (χ3n) is 4.99. The number of carboxylic acid groups (broad SMARTS) is 1. The number of aromatic nitrogens is 1. The Balaban J connectivity index is 1.55. The lowest BCUT2D eigenvalue weighted by Gasteiger charge is -2.12. The number of aryl methyl sites for hydroxylation is 1. The van der Waals surface area contributed by atoms with E-state index in [0.29, 0.717) is 16.8 Å². The van der Waals surface area contributed by atoms with Gasteiger partial charge in [-0.3, -0.25) is 14.4 Å². The molecule has 9 nitrogen and oxygen atoms in total. The van der Waals surface area contributed by atoms with E-state index in [2.05, 4.69) is 10.6 Å². The molecule has 9 heteroatoms. The van der Waals surface area contributed by atoms with Gasteiger partial charge in [-0.1, -0.05) is 30.3 Å². The molecule has 1 aromatic heterocycles. The second kappa shape index (κ2) is 8.38. The predicted octanol–water partition coefficient (Wildman–Crippen LogP) is 2.57. The zero-order valence-corrected chi connectivity index (χ0v) is 17.2. The molecule has 3 aromatic rings. The number of hydrogen-bond acceptors (Lipinski definition) is 4. The number of carboxylic acids is 1. The number of imide groups is 1. The number of nitrogens with one attached hydrogen (secondary N) is 2. The van der Waals surface area contributed by atoms with Gasteiger partial charge in [0.1, 0.15) is 18.8 Å². The van der Waals surface area contributed by atoms with Crippen LogP contribution in [0.2, 0.25) is 0 Å². The fourth-order valence-corrected chi connectivity index (χ4v) is 3.60. The van der Waals surface area contributed by atoms with Crippen LogP contribution in [0.1, 0.15) is 11.1 Å². The Morgan fingerprint density at radius 2 is 1.88 bits per heavy atom. The maximum absolute atomic E-state index is 12.8. The molecule has 32 heavy (non-hydrogen) atoms. The Hall–Kier alpha value is -4.40. The molecule has 0 bridgehead atoms. The molecule has 3 N–H and O–H groups in total. The molecule has 1 aliphatic heterocycles. The number of fused-ring (bicyclic) bond motifs is 1. The molecule has 0 atom stereocenters. The number of carbonyl (C=O) groups excluding carboxylic acids is 3. The highest BCUT2D eigenvalue weighted by Gasteiger charge is 2.35. The topological polar surface area (TPSA) is 121 Å². The summed E-state index contributed by atoms with van der Waals surface area (Å²) in [5.74, 6) is -2.14. The average Bonchev–Trinajstić information content (AvgIpc) is 3.20. The zero-order valence-electron chi connectivity index (χ0n) is 17.2. The molecular weight excluding hydrogens is 412 g/mol. The lowest BCUT2D eigenvalue weighted by Crippen LogP contribution is -2.38. The molecule has 0 spiro atoms. The quantitative estimate of drug-likeness (QED) is 0.408. The zero-order chi connectivity index (χ0) is 22.8. The van der Waals surface area contributed by atoms with Crippen molar-refractivity contribution < 1.29 is 24.3 Å². The number of para-hydroxylation sites is 1. The first-order valence-corrected chi connectivity index (χ1v) is 9.82. The van der Waals surface area contributed by atoms with Crippen LogP contribution in [-0.2, 0) is 20.9 Å². The van der Waals surface area contributed by atoms with Crippen LogP contribution in [0.3, 0.4) is 0 Å². The monoisotopic (exact) mass is 432 g/mol. The molecular formula is C23H20N4O5. The van der Waals surface area contributed by atoms with Crippen molar-refractivity contribution in [2.45, 2.75) is 13.5 Å². The smallest absolute Gasteiger partial charge is 0.329 e. The number of hydrogen-bond donors (Lipinski definition) is 3. The summed E-state index contributed by atoms with van der Waals surface area (Å²) in [5.41, 5.74) is 2.81. The number of benzene rings is 2. The van der Waals surface area contributed by atoms with E-state index in [1.165, 1.54) is 6.08 Å². The largest absolute Gasteiger partial charge is 0.480 e. The van der Waals surface area contributed by atoms with Gasteiger partial charge in [0.25, 0.3) is 5.91 Å². The van der Waals surface area contributed by atoms with Gasteiger partial charge in [0.2, 0.25) is 5.91 Å². The minimum Gasteiger partial charge on any atom is -0.480 e. The molecule has 0 unspecified atom stereocenters. The summed E-state index contributed by atoms with van der Waals surface area (Å²) in [6, 6.07) is 13.6. The van der Waals surface area contributed by atoms with Gasteiger partial charge in [-0.25, -0.2) is 9.69 Å². The van der Waals surface area contributed by atoms with Crippen LogP contribution in [0.25, 0.3) is 17.0 Å². The van der Waals surface area contributed by atoms with Crippen molar-refractivity contribution in [3.63, 3.8) is 0 Å². The van der Waals surface area contributed by atoms with Crippen LogP contribution in [-0.4, -0.2) is 44.9 Å². The molecule has 4 amide bonds. The number of rotatable bonds is 6. The SMILES string of the molecule is Cc1cccc(NC(=O)CN2C(=O)NC(=Cc3cn(CC(=O)O)c4ccccc34)C2=O)c1. The molecule has 1 aliphatic rings.